The van der Waals surface area contributed by atoms with E-state index in [1.807, 2.05) is 0 Å². The molecule has 0 bridgehead atoms. The van der Waals surface area contributed by atoms with Crippen LogP contribution in [0, 0.1) is 6.92 Å². The molecule has 25 heavy (non-hydrogen) atoms. The Morgan fingerprint density at radius 2 is 0.960 bits per heavy atom. The first-order chi connectivity index (χ1) is 12.1. The molecule has 0 saturated carbocycles. The lowest BCUT2D eigenvalue weighted by Crippen LogP contribution is -1.82. The van der Waals surface area contributed by atoms with Crippen LogP contribution < -0.4 is 0 Å². The predicted molar refractivity (Wildman–Crippen MR) is 110 cm³/mol. The van der Waals surface area contributed by atoms with E-state index in [4.69, 9.17) is 10.2 Å². The van der Waals surface area contributed by atoms with E-state index in [9.17, 15) is 0 Å². The van der Waals surface area contributed by atoms with Crippen molar-refractivity contribution < 1.29 is 10.2 Å². The standard InChI is InChI=1S/C16H34.C7H8O2/c1-3-5-7-9-11-13-15-16-14-12-10-8-6-4-2;1-5-4-6(8)2-3-7(5)9/h3-16H2,1-2H3;2-4,8-9H,1H3. The Bertz CT molecular complexity index is 387. The molecule has 2 nitrogen and oxygen atoms in total. The quantitative estimate of drug-likeness (QED) is 0.280. The van der Waals surface area contributed by atoms with Crippen molar-refractivity contribution in [2.45, 2.75) is 111 Å². The van der Waals surface area contributed by atoms with Crippen molar-refractivity contribution in [2.24, 2.45) is 0 Å². The first kappa shape index (κ1) is 23.8. The van der Waals surface area contributed by atoms with Crippen LogP contribution in [0.2, 0.25) is 0 Å². The van der Waals surface area contributed by atoms with E-state index in [-0.39, 0.29) is 11.5 Å². The summed E-state index contributed by atoms with van der Waals surface area (Å²) < 4.78 is 0. The monoisotopic (exact) mass is 350 g/mol. The number of aromatic hydroxyl groups is 2. The summed E-state index contributed by atoms with van der Waals surface area (Å²) in [5.41, 5.74) is 0.690. The highest BCUT2D eigenvalue weighted by Crippen LogP contribution is 2.20. The highest BCUT2D eigenvalue weighted by Gasteiger charge is 1.94. The summed E-state index contributed by atoms with van der Waals surface area (Å²) in [5, 5.41) is 17.8. The minimum atomic E-state index is 0.185. The van der Waals surface area contributed by atoms with Gasteiger partial charge in [0.25, 0.3) is 0 Å². The van der Waals surface area contributed by atoms with Crippen molar-refractivity contribution in [2.75, 3.05) is 0 Å². The van der Waals surface area contributed by atoms with Gasteiger partial charge in [-0.05, 0) is 30.7 Å². The maximum absolute atomic E-state index is 8.93. The Kier molecular flexibility index (Phi) is 16.8. The van der Waals surface area contributed by atoms with Crippen LogP contribution in [0.3, 0.4) is 0 Å². The van der Waals surface area contributed by atoms with Gasteiger partial charge in [-0.25, -0.2) is 0 Å². The predicted octanol–water partition coefficient (Wildman–Crippen LogP) is 7.89. The smallest absolute Gasteiger partial charge is 0.118 e. The molecular formula is C23H42O2. The van der Waals surface area contributed by atoms with Crippen LogP contribution in [-0.2, 0) is 0 Å². The highest BCUT2D eigenvalue weighted by molar-refractivity contribution is 5.37. The fourth-order valence-corrected chi connectivity index (χ4v) is 2.91. The number of hydrogen-bond acceptors (Lipinski definition) is 2. The first-order valence-corrected chi connectivity index (χ1v) is 10.6. The third kappa shape index (κ3) is 16.1. The van der Waals surface area contributed by atoms with Crippen molar-refractivity contribution in [1.82, 2.24) is 0 Å². The number of aryl methyl sites for hydroxylation is 1. The molecule has 2 N–H and O–H groups in total. The Morgan fingerprint density at radius 1 is 0.600 bits per heavy atom. The molecule has 0 aliphatic rings. The van der Waals surface area contributed by atoms with E-state index < -0.39 is 0 Å². The summed E-state index contributed by atoms with van der Waals surface area (Å²) in [6.07, 6.45) is 20.4. The second-order valence-corrected chi connectivity index (χ2v) is 7.21. The molecule has 146 valence electrons. The molecular weight excluding hydrogens is 308 g/mol. The molecule has 0 saturated heterocycles. The number of unbranched alkanes of at least 4 members (excludes halogenated alkanes) is 13. The highest BCUT2D eigenvalue weighted by atomic mass is 16.3. The average Bonchev–Trinajstić information content (AvgIpc) is 2.60. The Labute approximate surface area is 156 Å². The molecule has 1 aromatic rings. The summed E-state index contributed by atoms with van der Waals surface area (Å²) >= 11 is 0. The van der Waals surface area contributed by atoms with Crippen molar-refractivity contribution in [3.05, 3.63) is 23.8 Å². The lowest BCUT2D eigenvalue weighted by molar-refractivity contribution is 0.456. The molecule has 0 atom stereocenters. The van der Waals surface area contributed by atoms with Gasteiger partial charge in [0.2, 0.25) is 0 Å². The van der Waals surface area contributed by atoms with E-state index in [0.717, 1.165) is 0 Å². The van der Waals surface area contributed by atoms with Crippen LogP contribution in [0.25, 0.3) is 0 Å². The van der Waals surface area contributed by atoms with Crippen LogP contribution in [-0.4, -0.2) is 10.2 Å². The minimum absolute atomic E-state index is 0.185. The maximum Gasteiger partial charge on any atom is 0.118 e. The fraction of sp³-hybridized carbons (Fsp3) is 0.739. The van der Waals surface area contributed by atoms with Gasteiger partial charge in [0.15, 0.2) is 0 Å². The van der Waals surface area contributed by atoms with Crippen LogP contribution in [0.1, 0.15) is 109 Å². The zero-order chi connectivity index (χ0) is 18.8. The zero-order valence-electron chi connectivity index (χ0n) is 17.0. The van der Waals surface area contributed by atoms with Gasteiger partial charge < -0.3 is 10.2 Å². The lowest BCUT2D eigenvalue weighted by Gasteiger charge is -2.02. The van der Waals surface area contributed by atoms with E-state index in [1.165, 1.54) is 108 Å². The van der Waals surface area contributed by atoms with Gasteiger partial charge in [0.1, 0.15) is 11.5 Å². The van der Waals surface area contributed by atoms with Crippen molar-refractivity contribution in [3.63, 3.8) is 0 Å². The summed E-state index contributed by atoms with van der Waals surface area (Å²) in [7, 11) is 0. The average molecular weight is 351 g/mol. The molecule has 0 fully saturated rings. The van der Waals surface area contributed by atoms with Crippen molar-refractivity contribution >= 4 is 0 Å². The second kappa shape index (κ2) is 17.6. The third-order valence-corrected chi connectivity index (χ3v) is 4.64. The Balaban J connectivity index is 0.000000535. The largest absolute Gasteiger partial charge is 0.508 e. The van der Waals surface area contributed by atoms with Gasteiger partial charge in [0.05, 0.1) is 0 Å². The van der Waals surface area contributed by atoms with Gasteiger partial charge in [-0.1, -0.05) is 104 Å². The van der Waals surface area contributed by atoms with Crippen LogP contribution in [0.4, 0.5) is 0 Å². The first-order valence-electron chi connectivity index (χ1n) is 10.6. The van der Waals surface area contributed by atoms with Crippen molar-refractivity contribution in [3.8, 4) is 11.5 Å². The summed E-state index contributed by atoms with van der Waals surface area (Å²) in [6.45, 7) is 6.31. The SMILES string of the molecule is CCCCCCCCCCCCCCCC.Cc1cc(O)ccc1O. The van der Waals surface area contributed by atoms with Gasteiger partial charge >= 0.3 is 0 Å². The molecule has 2 heteroatoms. The van der Waals surface area contributed by atoms with E-state index in [1.54, 1.807) is 6.92 Å². The molecule has 0 aliphatic carbocycles. The number of phenols is 2. The van der Waals surface area contributed by atoms with Crippen LogP contribution in [0.5, 0.6) is 11.5 Å². The second-order valence-electron chi connectivity index (χ2n) is 7.21. The Morgan fingerprint density at radius 3 is 1.24 bits per heavy atom. The molecule has 0 aliphatic heterocycles. The molecule has 0 radical (unpaired) electrons. The number of hydrogen-bond donors (Lipinski definition) is 2. The normalized spacial score (nSPS) is 10.4. The third-order valence-electron chi connectivity index (χ3n) is 4.64. The van der Waals surface area contributed by atoms with Gasteiger partial charge in [-0.3, -0.25) is 0 Å². The van der Waals surface area contributed by atoms with Crippen LogP contribution >= 0.6 is 0 Å². The Hall–Kier alpha value is -1.18. The zero-order valence-corrected chi connectivity index (χ0v) is 17.0. The molecule has 1 aromatic carbocycles. The molecule has 0 spiro atoms. The number of benzene rings is 1. The fourth-order valence-electron chi connectivity index (χ4n) is 2.91. The lowest BCUT2D eigenvalue weighted by atomic mass is 10.0. The van der Waals surface area contributed by atoms with Gasteiger partial charge in [0, 0.05) is 0 Å². The number of rotatable bonds is 13. The minimum Gasteiger partial charge on any atom is -0.508 e. The topological polar surface area (TPSA) is 40.5 Å². The molecule has 0 aromatic heterocycles. The van der Waals surface area contributed by atoms with E-state index in [2.05, 4.69) is 13.8 Å². The summed E-state index contributed by atoms with van der Waals surface area (Å²) in [6, 6.07) is 4.42. The molecule has 0 heterocycles. The van der Waals surface area contributed by atoms with Crippen molar-refractivity contribution in [1.29, 1.82) is 0 Å². The molecule has 0 unspecified atom stereocenters. The molecule has 0 amide bonds. The van der Waals surface area contributed by atoms with Gasteiger partial charge in [-0.2, -0.15) is 0 Å². The number of phenolic OH excluding ortho intramolecular Hbond substituents is 2. The molecule has 1 rings (SSSR count). The van der Waals surface area contributed by atoms with E-state index >= 15 is 0 Å². The van der Waals surface area contributed by atoms with Crippen LogP contribution in [0.15, 0.2) is 18.2 Å². The van der Waals surface area contributed by atoms with Gasteiger partial charge in [-0.15, -0.1) is 0 Å². The maximum atomic E-state index is 8.93. The summed E-state index contributed by atoms with van der Waals surface area (Å²) in [5.74, 6) is 0.401. The van der Waals surface area contributed by atoms with E-state index in [0.29, 0.717) is 5.56 Å². The summed E-state index contributed by atoms with van der Waals surface area (Å²) in [4.78, 5) is 0.